The van der Waals surface area contributed by atoms with Crippen LogP contribution in [0, 0.1) is 0 Å². The van der Waals surface area contributed by atoms with Crippen LogP contribution in [0.2, 0.25) is 0 Å². The monoisotopic (exact) mass is 227 g/mol. The van der Waals surface area contributed by atoms with E-state index in [9.17, 15) is 0 Å². The molecule has 3 nitrogen and oxygen atoms in total. The Morgan fingerprint density at radius 3 is 2.50 bits per heavy atom. The number of methoxy groups -OCH3 is 1. The van der Waals surface area contributed by atoms with Crippen LogP contribution in [0.4, 0.5) is 0 Å². The molecular weight excluding hydrogens is 202 g/mol. The Bertz CT molecular complexity index is 240. The summed E-state index contributed by atoms with van der Waals surface area (Å²) in [5.74, 6) is -0.468. The average molecular weight is 227 g/mol. The molecule has 0 amide bonds. The molecule has 0 spiro atoms. The van der Waals surface area contributed by atoms with Crippen LogP contribution in [0.25, 0.3) is 0 Å². The van der Waals surface area contributed by atoms with Crippen molar-refractivity contribution in [1.82, 2.24) is 5.32 Å². The maximum atomic E-state index is 5.76. The molecule has 1 aliphatic heterocycles. The Morgan fingerprint density at radius 2 is 1.88 bits per heavy atom. The first-order valence-electron chi connectivity index (χ1n) is 6.56. The summed E-state index contributed by atoms with van der Waals surface area (Å²) < 4.78 is 11.3. The van der Waals surface area contributed by atoms with E-state index in [0.717, 1.165) is 13.0 Å². The van der Waals surface area contributed by atoms with Gasteiger partial charge in [-0.25, -0.2) is 0 Å². The highest BCUT2D eigenvalue weighted by molar-refractivity contribution is 5.01. The highest BCUT2D eigenvalue weighted by Gasteiger charge is 2.51. The van der Waals surface area contributed by atoms with Crippen LogP contribution in [-0.2, 0) is 9.47 Å². The minimum atomic E-state index is -0.468. The zero-order chi connectivity index (χ0) is 11.6. The second-order valence-corrected chi connectivity index (χ2v) is 5.56. The predicted molar refractivity (Wildman–Crippen MR) is 64.4 cm³/mol. The smallest absolute Gasteiger partial charge is 0.183 e. The topological polar surface area (TPSA) is 30.5 Å². The van der Waals surface area contributed by atoms with Crippen molar-refractivity contribution in [2.45, 2.75) is 69.7 Å². The standard InChI is InChI=1S/C13H25NO2/c1-12(9-10-16-13(12,2)15-3)14-11-7-5-4-6-8-11/h11,14H,4-10H2,1-3H3/t12-,13+/m0/s1. The van der Waals surface area contributed by atoms with E-state index in [1.54, 1.807) is 7.11 Å². The number of nitrogens with one attached hydrogen (secondary N) is 1. The van der Waals surface area contributed by atoms with Crippen molar-refractivity contribution < 1.29 is 9.47 Å². The highest BCUT2D eigenvalue weighted by atomic mass is 16.7. The molecule has 16 heavy (non-hydrogen) atoms. The minimum Gasteiger partial charge on any atom is -0.352 e. The van der Waals surface area contributed by atoms with Gasteiger partial charge in [0.15, 0.2) is 5.79 Å². The molecule has 1 heterocycles. The first kappa shape index (κ1) is 12.3. The molecule has 0 unspecified atom stereocenters. The van der Waals surface area contributed by atoms with Crippen LogP contribution in [0.3, 0.4) is 0 Å². The lowest BCUT2D eigenvalue weighted by atomic mass is 9.87. The maximum absolute atomic E-state index is 5.76. The molecule has 2 aliphatic rings. The average Bonchev–Trinajstić information content (AvgIpc) is 2.57. The van der Waals surface area contributed by atoms with Gasteiger partial charge in [-0.3, -0.25) is 0 Å². The summed E-state index contributed by atoms with van der Waals surface area (Å²) in [6, 6.07) is 0.648. The van der Waals surface area contributed by atoms with Crippen LogP contribution in [0.5, 0.6) is 0 Å². The zero-order valence-corrected chi connectivity index (χ0v) is 10.8. The second-order valence-electron chi connectivity index (χ2n) is 5.56. The van der Waals surface area contributed by atoms with Crippen molar-refractivity contribution in [3.63, 3.8) is 0 Å². The van der Waals surface area contributed by atoms with E-state index in [2.05, 4.69) is 19.2 Å². The van der Waals surface area contributed by atoms with Crippen molar-refractivity contribution >= 4 is 0 Å². The number of ether oxygens (including phenoxy) is 2. The van der Waals surface area contributed by atoms with Gasteiger partial charge in [-0.15, -0.1) is 0 Å². The minimum absolute atomic E-state index is 0.0379. The fourth-order valence-electron chi connectivity index (χ4n) is 3.02. The van der Waals surface area contributed by atoms with E-state index in [1.165, 1.54) is 32.1 Å². The maximum Gasteiger partial charge on any atom is 0.183 e. The first-order chi connectivity index (χ1) is 7.60. The lowest BCUT2D eigenvalue weighted by Crippen LogP contribution is -2.60. The number of hydrogen-bond acceptors (Lipinski definition) is 3. The Morgan fingerprint density at radius 1 is 1.19 bits per heavy atom. The summed E-state index contributed by atoms with van der Waals surface area (Å²) >= 11 is 0. The summed E-state index contributed by atoms with van der Waals surface area (Å²) in [4.78, 5) is 0. The molecule has 1 aliphatic carbocycles. The molecule has 2 atom stereocenters. The zero-order valence-electron chi connectivity index (χ0n) is 10.8. The van der Waals surface area contributed by atoms with Crippen molar-refractivity contribution in [3.8, 4) is 0 Å². The summed E-state index contributed by atoms with van der Waals surface area (Å²) in [6.45, 7) is 5.08. The van der Waals surface area contributed by atoms with Crippen molar-refractivity contribution in [3.05, 3.63) is 0 Å². The van der Waals surface area contributed by atoms with Crippen LogP contribution >= 0.6 is 0 Å². The molecule has 0 bridgehead atoms. The summed E-state index contributed by atoms with van der Waals surface area (Å²) in [5, 5.41) is 3.79. The first-order valence-corrected chi connectivity index (χ1v) is 6.56. The van der Waals surface area contributed by atoms with Gasteiger partial charge >= 0.3 is 0 Å². The second kappa shape index (κ2) is 4.63. The predicted octanol–water partition coefficient (Wildman–Crippen LogP) is 2.45. The third-order valence-electron chi connectivity index (χ3n) is 4.50. The van der Waals surface area contributed by atoms with Crippen molar-refractivity contribution in [2.75, 3.05) is 13.7 Å². The van der Waals surface area contributed by atoms with E-state index < -0.39 is 5.79 Å². The Balaban J connectivity index is 2.00. The lowest BCUT2D eigenvalue weighted by molar-refractivity contribution is -0.213. The SMILES string of the molecule is CO[C@]1(C)OCC[C@]1(C)NC1CCCCC1. The van der Waals surface area contributed by atoms with Crippen LogP contribution in [0.1, 0.15) is 52.4 Å². The van der Waals surface area contributed by atoms with E-state index in [1.807, 2.05) is 0 Å². The summed E-state index contributed by atoms with van der Waals surface area (Å²) in [5.41, 5.74) is -0.0379. The van der Waals surface area contributed by atoms with Gasteiger partial charge in [-0.1, -0.05) is 19.3 Å². The third kappa shape index (κ3) is 2.13. The highest BCUT2D eigenvalue weighted by Crippen LogP contribution is 2.37. The third-order valence-corrected chi connectivity index (χ3v) is 4.50. The van der Waals surface area contributed by atoms with Crippen molar-refractivity contribution in [2.24, 2.45) is 0 Å². The summed E-state index contributed by atoms with van der Waals surface area (Å²) in [6.07, 6.45) is 7.75. The molecule has 1 saturated carbocycles. The number of rotatable bonds is 3. The van der Waals surface area contributed by atoms with Gasteiger partial charge in [0.1, 0.15) is 0 Å². The van der Waals surface area contributed by atoms with Gasteiger partial charge in [0.2, 0.25) is 0 Å². The normalized spacial score (nSPS) is 41.4. The quantitative estimate of drug-likeness (QED) is 0.803. The molecule has 0 aromatic rings. The van der Waals surface area contributed by atoms with Crippen LogP contribution in [-0.4, -0.2) is 31.1 Å². The molecule has 0 aromatic carbocycles. The molecule has 0 aromatic heterocycles. The largest absolute Gasteiger partial charge is 0.352 e. The Kier molecular flexibility index (Phi) is 3.57. The van der Waals surface area contributed by atoms with Gasteiger partial charge in [0, 0.05) is 13.2 Å². The molecule has 3 heteroatoms. The molecule has 1 N–H and O–H groups in total. The molecular formula is C13H25NO2. The van der Waals surface area contributed by atoms with Gasteiger partial charge in [-0.05, 0) is 33.1 Å². The molecule has 2 rings (SSSR count). The van der Waals surface area contributed by atoms with E-state index in [4.69, 9.17) is 9.47 Å². The van der Waals surface area contributed by atoms with Gasteiger partial charge < -0.3 is 14.8 Å². The fourth-order valence-corrected chi connectivity index (χ4v) is 3.02. The van der Waals surface area contributed by atoms with Gasteiger partial charge in [-0.2, -0.15) is 0 Å². The van der Waals surface area contributed by atoms with Gasteiger partial charge in [0.05, 0.1) is 12.1 Å². The molecule has 1 saturated heterocycles. The molecule has 0 radical (unpaired) electrons. The van der Waals surface area contributed by atoms with E-state index in [0.29, 0.717) is 6.04 Å². The van der Waals surface area contributed by atoms with E-state index in [-0.39, 0.29) is 5.54 Å². The van der Waals surface area contributed by atoms with Crippen LogP contribution < -0.4 is 5.32 Å². The molecule has 94 valence electrons. The van der Waals surface area contributed by atoms with E-state index >= 15 is 0 Å². The van der Waals surface area contributed by atoms with Crippen LogP contribution in [0.15, 0.2) is 0 Å². The van der Waals surface area contributed by atoms with Crippen molar-refractivity contribution in [1.29, 1.82) is 0 Å². The lowest BCUT2D eigenvalue weighted by Gasteiger charge is -2.42. The fraction of sp³-hybridized carbons (Fsp3) is 1.00. The summed E-state index contributed by atoms with van der Waals surface area (Å²) in [7, 11) is 1.74. The van der Waals surface area contributed by atoms with Gasteiger partial charge in [0.25, 0.3) is 0 Å². The Labute approximate surface area is 98.9 Å². The Hall–Kier alpha value is -0.120. The molecule has 2 fully saturated rings. The number of hydrogen-bond donors (Lipinski definition) is 1.